The number of nitrogens with one attached hydrogen (secondary N) is 1. The Morgan fingerprint density at radius 3 is 2.78 bits per heavy atom. The molecule has 0 aromatic carbocycles. The van der Waals surface area contributed by atoms with E-state index in [4.69, 9.17) is 12.2 Å². The molecule has 0 radical (unpaired) electrons. The van der Waals surface area contributed by atoms with E-state index in [0.29, 0.717) is 10.6 Å². The minimum Gasteiger partial charge on any atom is -0.343 e. The first-order chi connectivity index (χ1) is 8.66. The molecule has 4 heteroatoms. The van der Waals surface area contributed by atoms with Gasteiger partial charge >= 0.3 is 0 Å². The summed E-state index contributed by atoms with van der Waals surface area (Å²) in [6.07, 6.45) is 6.13. The number of nitrogens with zero attached hydrogens (tertiary/aromatic N) is 2. The molecule has 0 amide bonds. The highest BCUT2D eigenvalue weighted by molar-refractivity contribution is 7.71. The molecule has 1 aliphatic rings. The Balaban J connectivity index is 2.22. The zero-order chi connectivity index (χ0) is 12.7. The van der Waals surface area contributed by atoms with E-state index < -0.39 is 0 Å². The Kier molecular flexibility index (Phi) is 2.74. The fourth-order valence-electron chi connectivity index (χ4n) is 2.10. The number of aromatic nitrogens is 3. The molecule has 92 valence electrons. The minimum atomic E-state index is 0.572. The van der Waals surface area contributed by atoms with E-state index in [9.17, 15) is 0 Å². The highest BCUT2D eigenvalue weighted by atomic mass is 32.1. The van der Waals surface area contributed by atoms with E-state index in [1.165, 1.54) is 18.4 Å². The molecule has 2 heterocycles. The second-order valence-electron chi connectivity index (χ2n) is 4.89. The zero-order valence-electron chi connectivity index (χ0n) is 10.5. The van der Waals surface area contributed by atoms with Crippen LogP contribution in [-0.2, 0) is 0 Å². The van der Waals surface area contributed by atoms with Gasteiger partial charge in [-0.2, -0.15) is 0 Å². The van der Waals surface area contributed by atoms with Crippen molar-refractivity contribution in [2.75, 3.05) is 0 Å². The quantitative estimate of drug-likeness (QED) is 0.834. The largest absolute Gasteiger partial charge is 0.343 e. The maximum atomic E-state index is 5.37. The molecule has 0 atom stereocenters. The molecule has 0 saturated heterocycles. The van der Waals surface area contributed by atoms with Crippen LogP contribution in [0.3, 0.4) is 0 Å². The van der Waals surface area contributed by atoms with Crippen LogP contribution in [-0.4, -0.2) is 15.0 Å². The lowest BCUT2D eigenvalue weighted by Gasteiger charge is -2.11. The van der Waals surface area contributed by atoms with Crippen LogP contribution in [0, 0.1) is 18.5 Å². The van der Waals surface area contributed by atoms with E-state index in [1.807, 2.05) is 25.4 Å². The highest BCUT2D eigenvalue weighted by Crippen LogP contribution is 2.39. The van der Waals surface area contributed by atoms with Gasteiger partial charge in [-0.15, -0.1) is 0 Å². The van der Waals surface area contributed by atoms with Gasteiger partial charge in [-0.25, -0.2) is 4.98 Å². The van der Waals surface area contributed by atoms with Gasteiger partial charge in [-0.05, 0) is 38.3 Å². The van der Waals surface area contributed by atoms with E-state index >= 15 is 0 Å². The van der Waals surface area contributed by atoms with Crippen molar-refractivity contribution in [1.82, 2.24) is 15.0 Å². The molecule has 0 aliphatic heterocycles. The Labute approximate surface area is 111 Å². The molecule has 18 heavy (non-hydrogen) atoms. The second-order valence-corrected chi connectivity index (χ2v) is 5.28. The number of aryl methyl sites for hydroxylation is 1. The molecular weight excluding hydrogens is 242 g/mol. The SMILES string of the molecule is Cc1ccncc1-c1[nH]c(C2CC2)nc(=S)c1C. The normalized spacial score (nSPS) is 14.8. The van der Waals surface area contributed by atoms with Crippen LogP contribution >= 0.6 is 12.2 Å². The predicted molar refractivity (Wildman–Crippen MR) is 74.1 cm³/mol. The molecule has 0 spiro atoms. The third kappa shape index (κ3) is 1.97. The molecule has 1 aliphatic carbocycles. The monoisotopic (exact) mass is 257 g/mol. The van der Waals surface area contributed by atoms with Gasteiger partial charge in [-0.1, -0.05) is 12.2 Å². The summed E-state index contributed by atoms with van der Waals surface area (Å²) in [4.78, 5) is 12.2. The summed E-state index contributed by atoms with van der Waals surface area (Å²) < 4.78 is 0.703. The molecule has 3 nitrogen and oxygen atoms in total. The van der Waals surface area contributed by atoms with Crippen molar-refractivity contribution >= 4 is 12.2 Å². The number of hydrogen-bond acceptors (Lipinski definition) is 3. The van der Waals surface area contributed by atoms with Crippen molar-refractivity contribution in [3.05, 3.63) is 40.1 Å². The van der Waals surface area contributed by atoms with Gasteiger partial charge in [0, 0.05) is 29.4 Å². The van der Waals surface area contributed by atoms with Crippen LogP contribution in [0.4, 0.5) is 0 Å². The Morgan fingerprint density at radius 2 is 2.11 bits per heavy atom. The Hall–Kier alpha value is -1.55. The Bertz CT molecular complexity index is 656. The van der Waals surface area contributed by atoms with Crippen molar-refractivity contribution in [3.63, 3.8) is 0 Å². The lowest BCUT2D eigenvalue weighted by molar-refractivity contribution is 0.913. The molecular formula is C14H15N3S. The van der Waals surface area contributed by atoms with E-state index in [-0.39, 0.29) is 0 Å². The molecule has 1 N–H and O–H groups in total. The van der Waals surface area contributed by atoms with Crippen molar-refractivity contribution in [2.45, 2.75) is 32.6 Å². The standard InChI is InChI=1S/C14H15N3S/c1-8-5-6-15-7-11(8)12-9(2)14(18)17-13(16-12)10-3-4-10/h5-7,10H,3-4H2,1-2H3,(H,16,17,18). The van der Waals surface area contributed by atoms with E-state index in [2.05, 4.69) is 21.9 Å². The van der Waals surface area contributed by atoms with Crippen LogP contribution in [0.2, 0.25) is 0 Å². The third-order valence-electron chi connectivity index (χ3n) is 3.44. The van der Waals surface area contributed by atoms with Gasteiger partial charge in [0.2, 0.25) is 0 Å². The molecule has 3 rings (SSSR count). The first-order valence-electron chi connectivity index (χ1n) is 6.18. The van der Waals surface area contributed by atoms with Gasteiger partial charge in [0.15, 0.2) is 0 Å². The third-order valence-corrected chi connectivity index (χ3v) is 3.84. The van der Waals surface area contributed by atoms with Crippen molar-refractivity contribution < 1.29 is 0 Å². The van der Waals surface area contributed by atoms with Crippen LogP contribution in [0.15, 0.2) is 18.5 Å². The summed E-state index contributed by atoms with van der Waals surface area (Å²) in [7, 11) is 0. The molecule has 2 aromatic heterocycles. The molecule has 1 saturated carbocycles. The first kappa shape index (κ1) is 11.5. The van der Waals surface area contributed by atoms with Gasteiger partial charge < -0.3 is 4.98 Å². The summed E-state index contributed by atoms with van der Waals surface area (Å²) in [6, 6.07) is 2.02. The second kappa shape index (κ2) is 4.28. The summed E-state index contributed by atoms with van der Waals surface area (Å²) in [6.45, 7) is 4.11. The van der Waals surface area contributed by atoms with Gasteiger partial charge in [-0.3, -0.25) is 4.98 Å². The van der Waals surface area contributed by atoms with Gasteiger partial charge in [0.25, 0.3) is 0 Å². The van der Waals surface area contributed by atoms with Crippen LogP contribution in [0.1, 0.15) is 35.7 Å². The average Bonchev–Trinajstić information content (AvgIpc) is 3.18. The molecule has 2 aromatic rings. The number of aromatic amines is 1. The minimum absolute atomic E-state index is 0.572. The molecule has 0 unspecified atom stereocenters. The van der Waals surface area contributed by atoms with E-state index in [1.54, 1.807) is 0 Å². The first-order valence-corrected chi connectivity index (χ1v) is 6.59. The van der Waals surface area contributed by atoms with Crippen molar-refractivity contribution in [1.29, 1.82) is 0 Å². The predicted octanol–water partition coefficient (Wildman–Crippen LogP) is 3.70. The van der Waals surface area contributed by atoms with Crippen molar-refractivity contribution in [2.24, 2.45) is 0 Å². The molecule has 1 fully saturated rings. The van der Waals surface area contributed by atoms with Crippen LogP contribution in [0.5, 0.6) is 0 Å². The fourth-order valence-corrected chi connectivity index (χ4v) is 2.30. The van der Waals surface area contributed by atoms with Gasteiger partial charge in [0.05, 0.1) is 5.69 Å². The number of rotatable bonds is 2. The topological polar surface area (TPSA) is 41.6 Å². The summed E-state index contributed by atoms with van der Waals surface area (Å²) in [5.74, 6) is 1.60. The smallest absolute Gasteiger partial charge is 0.133 e. The summed E-state index contributed by atoms with van der Waals surface area (Å²) in [5.41, 5.74) is 4.42. The average molecular weight is 257 g/mol. The fraction of sp³-hybridized carbons (Fsp3) is 0.357. The van der Waals surface area contributed by atoms with E-state index in [0.717, 1.165) is 22.6 Å². The van der Waals surface area contributed by atoms with Gasteiger partial charge in [0.1, 0.15) is 10.5 Å². The maximum Gasteiger partial charge on any atom is 0.133 e. The van der Waals surface area contributed by atoms with Crippen molar-refractivity contribution in [3.8, 4) is 11.3 Å². The summed E-state index contributed by atoms with van der Waals surface area (Å²) in [5, 5.41) is 0. The number of hydrogen-bond donors (Lipinski definition) is 1. The van der Waals surface area contributed by atoms with Crippen LogP contribution < -0.4 is 0 Å². The number of pyridine rings is 1. The molecule has 0 bridgehead atoms. The highest BCUT2D eigenvalue weighted by Gasteiger charge is 2.26. The summed E-state index contributed by atoms with van der Waals surface area (Å²) >= 11 is 5.37. The Morgan fingerprint density at radius 1 is 1.33 bits per heavy atom. The lowest BCUT2D eigenvalue weighted by Crippen LogP contribution is -2.00. The van der Waals surface area contributed by atoms with Crippen LogP contribution in [0.25, 0.3) is 11.3 Å². The maximum absolute atomic E-state index is 5.37. The lowest BCUT2D eigenvalue weighted by atomic mass is 10.1. The number of H-pyrrole nitrogens is 1. The zero-order valence-corrected chi connectivity index (χ0v) is 11.3.